The molecule has 4 heteroatoms. The summed E-state index contributed by atoms with van der Waals surface area (Å²) in [5.74, 6) is 1.68. The van der Waals surface area contributed by atoms with Gasteiger partial charge in [-0.3, -0.25) is 0 Å². The smallest absolute Gasteiger partial charge is 0.122 e. The molecule has 0 fully saturated rings. The Morgan fingerprint density at radius 1 is 1.33 bits per heavy atom. The van der Waals surface area contributed by atoms with E-state index in [1.54, 1.807) is 14.2 Å². The first kappa shape index (κ1) is 12.1. The summed E-state index contributed by atoms with van der Waals surface area (Å²) in [4.78, 5) is 2.68. The highest BCUT2D eigenvalue weighted by Gasteiger charge is 2.08. The monoisotopic (exact) mass is 229 g/mol. The van der Waals surface area contributed by atoms with Crippen LogP contribution in [0.25, 0.3) is 0 Å². The van der Waals surface area contributed by atoms with Gasteiger partial charge in [-0.25, -0.2) is 4.84 Å². The molecule has 1 aromatic carbocycles. The minimum absolute atomic E-state index is 0.188. The molecule has 0 aliphatic heterocycles. The standard InChI is InChI=1S/C11H16ClNO2/c1-8(13-12)6-9-7-10(14-2)4-5-11(9)15-3/h4-5,7-8,13H,6H2,1-3H3. The summed E-state index contributed by atoms with van der Waals surface area (Å²) in [6.45, 7) is 2.01. The van der Waals surface area contributed by atoms with Gasteiger partial charge in [0.2, 0.25) is 0 Å². The van der Waals surface area contributed by atoms with E-state index >= 15 is 0 Å². The van der Waals surface area contributed by atoms with Gasteiger partial charge < -0.3 is 9.47 Å². The minimum atomic E-state index is 0.188. The van der Waals surface area contributed by atoms with E-state index in [0.29, 0.717) is 0 Å². The van der Waals surface area contributed by atoms with Crippen LogP contribution in [-0.4, -0.2) is 20.3 Å². The van der Waals surface area contributed by atoms with Crippen LogP contribution in [0.15, 0.2) is 18.2 Å². The predicted octanol–water partition coefficient (Wildman–Crippen LogP) is 2.38. The number of benzene rings is 1. The Morgan fingerprint density at radius 3 is 2.60 bits per heavy atom. The average Bonchev–Trinajstić information content (AvgIpc) is 2.28. The normalized spacial score (nSPS) is 12.3. The van der Waals surface area contributed by atoms with Gasteiger partial charge in [-0.1, -0.05) is 0 Å². The Bertz CT molecular complexity index is 317. The number of halogens is 1. The molecule has 0 aliphatic carbocycles. The summed E-state index contributed by atoms with van der Waals surface area (Å²) in [5, 5.41) is 0. The van der Waals surface area contributed by atoms with E-state index in [4.69, 9.17) is 21.3 Å². The lowest BCUT2D eigenvalue weighted by atomic mass is 10.1. The number of nitrogens with one attached hydrogen (secondary N) is 1. The van der Waals surface area contributed by atoms with Crippen molar-refractivity contribution in [1.29, 1.82) is 0 Å². The summed E-state index contributed by atoms with van der Waals surface area (Å²) >= 11 is 5.55. The first-order valence-corrected chi connectivity index (χ1v) is 5.16. The van der Waals surface area contributed by atoms with E-state index in [9.17, 15) is 0 Å². The maximum Gasteiger partial charge on any atom is 0.122 e. The highest BCUT2D eigenvalue weighted by Crippen LogP contribution is 2.25. The average molecular weight is 230 g/mol. The van der Waals surface area contributed by atoms with Crippen molar-refractivity contribution in [2.24, 2.45) is 0 Å². The van der Waals surface area contributed by atoms with Crippen LogP contribution in [0.4, 0.5) is 0 Å². The molecule has 15 heavy (non-hydrogen) atoms. The summed E-state index contributed by atoms with van der Waals surface area (Å²) in [6, 6.07) is 5.92. The first-order chi connectivity index (χ1) is 7.21. The predicted molar refractivity (Wildman–Crippen MR) is 61.7 cm³/mol. The van der Waals surface area contributed by atoms with Crippen LogP contribution in [0.1, 0.15) is 12.5 Å². The molecule has 0 heterocycles. The van der Waals surface area contributed by atoms with Crippen LogP contribution in [0.2, 0.25) is 0 Å². The summed E-state index contributed by atoms with van der Waals surface area (Å²) < 4.78 is 10.4. The van der Waals surface area contributed by atoms with E-state index in [0.717, 1.165) is 23.5 Å². The second-order valence-electron chi connectivity index (χ2n) is 3.39. The highest BCUT2D eigenvalue weighted by molar-refractivity contribution is 6.13. The van der Waals surface area contributed by atoms with Crippen LogP contribution in [-0.2, 0) is 6.42 Å². The molecular weight excluding hydrogens is 214 g/mol. The fraction of sp³-hybridized carbons (Fsp3) is 0.455. The third-order valence-electron chi connectivity index (χ3n) is 2.20. The fourth-order valence-electron chi connectivity index (χ4n) is 1.41. The zero-order valence-electron chi connectivity index (χ0n) is 9.21. The molecule has 0 spiro atoms. The maximum atomic E-state index is 5.55. The summed E-state index contributed by atoms with van der Waals surface area (Å²) in [6.07, 6.45) is 0.796. The fourth-order valence-corrected chi connectivity index (χ4v) is 1.49. The van der Waals surface area contributed by atoms with Crippen molar-refractivity contribution in [3.05, 3.63) is 23.8 Å². The SMILES string of the molecule is COc1ccc(OC)c(CC(C)NCl)c1. The molecule has 0 amide bonds. The second kappa shape index (κ2) is 5.83. The molecule has 0 bridgehead atoms. The van der Waals surface area contributed by atoms with Gasteiger partial charge in [0.25, 0.3) is 0 Å². The zero-order valence-corrected chi connectivity index (χ0v) is 9.97. The lowest BCUT2D eigenvalue weighted by molar-refractivity contribution is 0.397. The van der Waals surface area contributed by atoms with Gasteiger partial charge in [-0.05, 0) is 48.9 Å². The number of rotatable bonds is 5. The van der Waals surface area contributed by atoms with Crippen molar-refractivity contribution >= 4 is 11.8 Å². The molecule has 0 radical (unpaired) electrons. The van der Waals surface area contributed by atoms with E-state index in [1.165, 1.54) is 0 Å². The molecule has 1 aromatic rings. The quantitative estimate of drug-likeness (QED) is 0.787. The van der Waals surface area contributed by atoms with Crippen LogP contribution in [0.3, 0.4) is 0 Å². The van der Waals surface area contributed by atoms with Gasteiger partial charge in [0.05, 0.1) is 14.2 Å². The molecule has 84 valence electrons. The summed E-state index contributed by atoms with van der Waals surface area (Å²) in [5.41, 5.74) is 1.08. The number of hydrogen-bond acceptors (Lipinski definition) is 3. The topological polar surface area (TPSA) is 30.5 Å². The van der Waals surface area contributed by atoms with Crippen LogP contribution in [0, 0.1) is 0 Å². The Balaban J connectivity index is 2.90. The Labute approximate surface area is 95.4 Å². The van der Waals surface area contributed by atoms with E-state index < -0.39 is 0 Å². The zero-order chi connectivity index (χ0) is 11.3. The molecule has 0 aliphatic rings. The lowest BCUT2D eigenvalue weighted by Gasteiger charge is -2.13. The molecule has 3 nitrogen and oxygen atoms in total. The van der Waals surface area contributed by atoms with Crippen molar-refractivity contribution in [3.63, 3.8) is 0 Å². The largest absolute Gasteiger partial charge is 0.497 e. The molecule has 0 saturated carbocycles. The summed E-state index contributed by atoms with van der Waals surface area (Å²) in [7, 11) is 3.30. The van der Waals surface area contributed by atoms with Crippen molar-refractivity contribution in [1.82, 2.24) is 4.84 Å². The molecule has 0 saturated heterocycles. The van der Waals surface area contributed by atoms with Gasteiger partial charge in [0, 0.05) is 6.04 Å². The van der Waals surface area contributed by atoms with E-state index in [1.807, 2.05) is 25.1 Å². The molecule has 1 rings (SSSR count). The van der Waals surface area contributed by atoms with Crippen molar-refractivity contribution in [2.75, 3.05) is 14.2 Å². The van der Waals surface area contributed by atoms with E-state index in [2.05, 4.69) is 4.84 Å². The first-order valence-electron chi connectivity index (χ1n) is 4.78. The van der Waals surface area contributed by atoms with Crippen LogP contribution in [0.5, 0.6) is 11.5 Å². The Hall–Kier alpha value is -0.930. The molecule has 1 unspecified atom stereocenters. The maximum absolute atomic E-state index is 5.55. The molecule has 1 atom stereocenters. The minimum Gasteiger partial charge on any atom is -0.497 e. The van der Waals surface area contributed by atoms with Gasteiger partial charge in [-0.2, -0.15) is 0 Å². The van der Waals surface area contributed by atoms with Gasteiger partial charge in [0.15, 0.2) is 0 Å². The van der Waals surface area contributed by atoms with E-state index in [-0.39, 0.29) is 6.04 Å². The van der Waals surface area contributed by atoms with Gasteiger partial charge in [0.1, 0.15) is 11.5 Å². The highest BCUT2D eigenvalue weighted by atomic mass is 35.5. The number of hydrogen-bond donors (Lipinski definition) is 1. The third kappa shape index (κ3) is 3.29. The van der Waals surface area contributed by atoms with Crippen LogP contribution >= 0.6 is 11.8 Å². The third-order valence-corrected chi connectivity index (χ3v) is 2.57. The van der Waals surface area contributed by atoms with Crippen LogP contribution < -0.4 is 14.3 Å². The lowest BCUT2D eigenvalue weighted by Crippen LogP contribution is -2.19. The Morgan fingerprint density at radius 2 is 2.07 bits per heavy atom. The Kier molecular flexibility index (Phi) is 4.72. The number of ether oxygens (including phenoxy) is 2. The van der Waals surface area contributed by atoms with Gasteiger partial charge in [-0.15, -0.1) is 0 Å². The molecular formula is C11H16ClNO2. The van der Waals surface area contributed by atoms with Crippen molar-refractivity contribution < 1.29 is 9.47 Å². The number of methoxy groups -OCH3 is 2. The van der Waals surface area contributed by atoms with Crippen molar-refractivity contribution in [2.45, 2.75) is 19.4 Å². The second-order valence-corrected chi connectivity index (χ2v) is 3.61. The van der Waals surface area contributed by atoms with Crippen molar-refractivity contribution in [3.8, 4) is 11.5 Å². The van der Waals surface area contributed by atoms with Gasteiger partial charge >= 0.3 is 0 Å². The molecule has 0 aromatic heterocycles. The molecule has 1 N–H and O–H groups in total.